The van der Waals surface area contributed by atoms with Crippen LogP contribution in [0.15, 0.2) is 24.3 Å². The summed E-state index contributed by atoms with van der Waals surface area (Å²) >= 11 is 0. The highest BCUT2D eigenvalue weighted by Gasteiger charge is 2.36. The molecule has 1 fully saturated rings. The molecular weight excluding hydrogens is 402 g/mol. The average Bonchev–Trinajstić information content (AvgIpc) is 3.10. The maximum Gasteiger partial charge on any atom is 0.240 e. The van der Waals surface area contributed by atoms with E-state index in [1.807, 2.05) is 31.2 Å². The molecule has 2 aliphatic heterocycles. The lowest BCUT2D eigenvalue weighted by molar-refractivity contribution is -0.345. The minimum atomic E-state index is -0.105. The van der Waals surface area contributed by atoms with Gasteiger partial charge in [0, 0.05) is 10.9 Å². The Balaban J connectivity index is 1.75. The van der Waals surface area contributed by atoms with Gasteiger partial charge in [-0.2, -0.15) is 5.26 Å². The molecule has 0 aliphatic carbocycles. The Hall–Kier alpha value is -3.86. The quantitative estimate of drug-likeness (QED) is 0.646. The van der Waals surface area contributed by atoms with Crippen LogP contribution in [0.2, 0.25) is 0 Å². The zero-order valence-electron chi connectivity index (χ0n) is 18.3. The predicted molar refractivity (Wildman–Crippen MR) is 124 cm³/mol. The van der Waals surface area contributed by atoms with Crippen LogP contribution in [0, 0.1) is 24.2 Å². The number of carbonyl (C=O) groups is 1. The van der Waals surface area contributed by atoms with E-state index in [0.717, 1.165) is 37.2 Å². The fraction of sp³-hybridized carbons (Fsp3) is 0.333. The summed E-state index contributed by atoms with van der Waals surface area (Å²) < 4.78 is 0. The Labute approximate surface area is 186 Å². The van der Waals surface area contributed by atoms with Gasteiger partial charge in [0.15, 0.2) is 0 Å². The number of piperidine rings is 1. The van der Waals surface area contributed by atoms with Crippen LogP contribution < -0.4 is 26.3 Å². The van der Waals surface area contributed by atoms with Crippen LogP contribution in [0.1, 0.15) is 36.5 Å². The van der Waals surface area contributed by atoms with Gasteiger partial charge in [0.05, 0.1) is 30.6 Å². The predicted octanol–water partition coefficient (Wildman–Crippen LogP) is 2.85. The van der Waals surface area contributed by atoms with Gasteiger partial charge >= 0.3 is 0 Å². The van der Waals surface area contributed by atoms with E-state index in [1.165, 1.54) is 0 Å². The fourth-order valence-electron chi connectivity index (χ4n) is 4.79. The third-order valence-corrected chi connectivity index (χ3v) is 6.61. The molecule has 3 aromatic rings. The number of benzene rings is 1. The molecule has 0 atom stereocenters. The van der Waals surface area contributed by atoms with Crippen molar-refractivity contribution in [2.24, 2.45) is 5.92 Å². The minimum Gasteiger partial charge on any atom is -0.383 e. The molecule has 2 aliphatic rings. The second-order valence-electron chi connectivity index (χ2n) is 8.83. The Bertz CT molecular complexity index is 1280. The molecule has 32 heavy (non-hydrogen) atoms. The van der Waals surface area contributed by atoms with Crippen molar-refractivity contribution < 1.29 is 9.78 Å². The number of nitriles is 1. The summed E-state index contributed by atoms with van der Waals surface area (Å²) in [6, 6.07) is 10.1. The van der Waals surface area contributed by atoms with E-state index < -0.39 is 0 Å². The number of nitrogens with two attached hydrogens (primary N) is 2. The van der Waals surface area contributed by atoms with Gasteiger partial charge in [-0.3, -0.25) is 14.6 Å². The molecule has 0 bridgehead atoms. The van der Waals surface area contributed by atoms with Crippen LogP contribution in [-0.4, -0.2) is 24.0 Å². The Morgan fingerprint density at radius 1 is 1.16 bits per heavy atom. The lowest BCUT2D eigenvalue weighted by Gasteiger charge is -2.28. The van der Waals surface area contributed by atoms with Gasteiger partial charge in [0.1, 0.15) is 23.3 Å². The summed E-state index contributed by atoms with van der Waals surface area (Å²) in [5.74, 6) is 2.28. The number of fused-ring (bicyclic) bond motifs is 3. The number of amides is 1. The summed E-state index contributed by atoms with van der Waals surface area (Å²) in [6.07, 6.45) is 2.24. The molecule has 162 valence electrons. The summed E-state index contributed by atoms with van der Waals surface area (Å²) in [5.41, 5.74) is 15.7. The molecule has 1 saturated heterocycles. The van der Waals surface area contributed by atoms with E-state index in [-0.39, 0.29) is 18.1 Å². The molecule has 8 nitrogen and oxygen atoms in total. The number of rotatable bonds is 2. The molecular formula is C24H26N7O+. The van der Waals surface area contributed by atoms with Crippen LogP contribution in [-0.2, 0) is 11.2 Å². The average molecular weight is 429 g/mol. The number of aromatic nitrogens is 2. The summed E-state index contributed by atoms with van der Waals surface area (Å²) in [4.78, 5) is 24.6. The lowest BCUT2D eigenvalue weighted by Crippen LogP contribution is -2.38. The third-order valence-electron chi connectivity index (χ3n) is 6.61. The normalized spacial score (nSPS) is 16.5. The fourth-order valence-corrected chi connectivity index (χ4v) is 4.79. The van der Waals surface area contributed by atoms with Crippen molar-refractivity contribution in [2.75, 3.05) is 34.4 Å². The number of pyridine rings is 2. The maximum atomic E-state index is 13.1. The first-order chi connectivity index (χ1) is 15.4. The SMILES string of the molecule is Cc1ccc(N2C(=O)Cc3c2nc(N)c2c(N)[nH+]c(N4CCC(C)CC4)c(C#N)c32)cc1. The number of nitrogen functional groups attached to an aromatic ring is 2. The van der Waals surface area contributed by atoms with Crippen LogP contribution in [0.4, 0.5) is 29.0 Å². The Morgan fingerprint density at radius 2 is 1.84 bits per heavy atom. The monoisotopic (exact) mass is 428 g/mol. The molecule has 0 radical (unpaired) electrons. The lowest BCUT2D eigenvalue weighted by atomic mass is 9.97. The van der Waals surface area contributed by atoms with E-state index in [9.17, 15) is 10.1 Å². The van der Waals surface area contributed by atoms with Crippen LogP contribution in [0.5, 0.6) is 0 Å². The summed E-state index contributed by atoms with van der Waals surface area (Å²) in [7, 11) is 0. The van der Waals surface area contributed by atoms with Gasteiger partial charge in [-0.15, -0.1) is 0 Å². The number of hydrogen-bond donors (Lipinski definition) is 2. The molecule has 5 rings (SSSR count). The van der Waals surface area contributed by atoms with Crippen molar-refractivity contribution in [3.8, 4) is 6.07 Å². The molecule has 2 aromatic heterocycles. The highest BCUT2D eigenvalue weighted by Crippen LogP contribution is 2.43. The van der Waals surface area contributed by atoms with Crippen molar-refractivity contribution in [2.45, 2.75) is 33.1 Å². The number of hydrogen-bond acceptors (Lipinski definition) is 6. The zero-order chi connectivity index (χ0) is 22.6. The summed E-state index contributed by atoms with van der Waals surface area (Å²) in [5, 5.41) is 11.3. The van der Waals surface area contributed by atoms with Crippen LogP contribution in [0.25, 0.3) is 10.8 Å². The second-order valence-corrected chi connectivity index (χ2v) is 8.83. The molecule has 5 N–H and O–H groups in total. The van der Waals surface area contributed by atoms with Gasteiger partial charge in [-0.25, -0.2) is 9.97 Å². The number of nitrogens with one attached hydrogen (secondary N) is 1. The first-order valence-electron chi connectivity index (χ1n) is 10.9. The molecule has 4 heterocycles. The molecule has 0 spiro atoms. The molecule has 8 heteroatoms. The van der Waals surface area contributed by atoms with E-state index in [1.54, 1.807) is 4.90 Å². The van der Waals surface area contributed by atoms with Crippen molar-refractivity contribution in [3.05, 3.63) is 41.0 Å². The Kier molecular flexibility index (Phi) is 4.63. The van der Waals surface area contributed by atoms with Gasteiger partial charge in [-0.05, 0) is 37.8 Å². The van der Waals surface area contributed by atoms with Crippen molar-refractivity contribution in [1.82, 2.24) is 4.98 Å². The van der Waals surface area contributed by atoms with Crippen molar-refractivity contribution in [3.63, 3.8) is 0 Å². The summed E-state index contributed by atoms with van der Waals surface area (Å²) in [6.45, 7) is 5.92. The smallest absolute Gasteiger partial charge is 0.240 e. The van der Waals surface area contributed by atoms with E-state index in [0.29, 0.717) is 45.3 Å². The van der Waals surface area contributed by atoms with Crippen LogP contribution >= 0.6 is 0 Å². The molecule has 0 saturated carbocycles. The number of anilines is 5. The van der Waals surface area contributed by atoms with E-state index >= 15 is 0 Å². The molecule has 1 amide bonds. The third kappa shape index (κ3) is 3.01. The number of aromatic amines is 1. The standard InChI is InChI=1S/C24H25N7O/c1-13-3-5-15(6-4-13)31-18(32)11-16-19-17(12-25)23(30-9-7-14(2)8-10-30)28-21(26)20(19)22(27)29-24(16)31/h3-6,14H,7-11H2,1-2H3,(H2,26,28)(H2,27,29)/p+1. The maximum absolute atomic E-state index is 13.1. The van der Waals surface area contributed by atoms with E-state index in [2.05, 4.69) is 27.9 Å². The largest absolute Gasteiger partial charge is 0.383 e. The zero-order valence-corrected chi connectivity index (χ0v) is 18.3. The highest BCUT2D eigenvalue weighted by atomic mass is 16.2. The minimum absolute atomic E-state index is 0.105. The Morgan fingerprint density at radius 3 is 2.50 bits per heavy atom. The van der Waals surface area contributed by atoms with Gasteiger partial charge < -0.3 is 11.5 Å². The molecule has 0 unspecified atom stereocenters. The molecule has 1 aromatic carbocycles. The van der Waals surface area contributed by atoms with E-state index in [4.69, 9.17) is 11.5 Å². The first kappa shape index (κ1) is 20.1. The van der Waals surface area contributed by atoms with Gasteiger partial charge in [-0.1, -0.05) is 24.6 Å². The number of nitrogens with zero attached hydrogens (tertiary/aromatic N) is 4. The van der Waals surface area contributed by atoms with Gasteiger partial charge in [0.25, 0.3) is 0 Å². The number of carbonyl (C=O) groups excluding carboxylic acids is 1. The van der Waals surface area contributed by atoms with Crippen molar-refractivity contribution >= 4 is 45.6 Å². The second kappa shape index (κ2) is 7.38. The highest BCUT2D eigenvalue weighted by molar-refractivity contribution is 6.15. The van der Waals surface area contributed by atoms with Crippen molar-refractivity contribution in [1.29, 1.82) is 5.26 Å². The first-order valence-corrected chi connectivity index (χ1v) is 10.9. The topological polar surface area (TPSA) is 126 Å². The van der Waals surface area contributed by atoms with Gasteiger partial charge in [0.2, 0.25) is 17.5 Å². The van der Waals surface area contributed by atoms with Crippen LogP contribution in [0.3, 0.4) is 0 Å². The number of H-pyrrole nitrogens is 1. The number of aryl methyl sites for hydroxylation is 1.